The Kier molecular flexibility index (Phi) is 6.13. The molecule has 2 heterocycles. The van der Waals surface area contributed by atoms with Crippen molar-refractivity contribution in [1.29, 1.82) is 0 Å². The first-order valence-corrected chi connectivity index (χ1v) is 9.10. The molecule has 1 atom stereocenters. The first-order chi connectivity index (χ1) is 11.7. The third kappa shape index (κ3) is 6.43. The molecule has 1 aromatic heterocycles. The molecule has 136 valence electrons. The maximum atomic E-state index is 11.4. The highest BCUT2D eigenvalue weighted by Crippen LogP contribution is 2.29. The Morgan fingerprint density at radius 2 is 2.12 bits per heavy atom. The van der Waals surface area contributed by atoms with E-state index in [1.807, 2.05) is 31.5 Å². The number of thiazole rings is 1. The molecule has 3 rings (SSSR count). The largest absolute Gasteiger partial charge is 0.444 e. The molecular formula is C18H25N3O3S. The van der Waals surface area contributed by atoms with Crippen LogP contribution >= 0.6 is 11.3 Å². The quantitative estimate of drug-likeness (QED) is 0.735. The summed E-state index contributed by atoms with van der Waals surface area (Å²) < 4.78 is 5.09. The van der Waals surface area contributed by atoms with Gasteiger partial charge in [0.2, 0.25) is 0 Å². The molecule has 0 spiro atoms. The lowest BCUT2D eigenvalue weighted by Crippen LogP contribution is -2.34. The van der Waals surface area contributed by atoms with Gasteiger partial charge in [-0.2, -0.15) is 0 Å². The zero-order valence-electron chi connectivity index (χ0n) is 15.2. The van der Waals surface area contributed by atoms with Gasteiger partial charge in [0.25, 0.3) is 0 Å². The van der Waals surface area contributed by atoms with Gasteiger partial charge >= 0.3 is 6.09 Å². The van der Waals surface area contributed by atoms with E-state index in [0.717, 1.165) is 5.69 Å². The lowest BCUT2D eigenvalue weighted by Gasteiger charge is -2.20. The van der Waals surface area contributed by atoms with Crippen molar-refractivity contribution in [3.05, 3.63) is 34.4 Å². The molecule has 2 N–H and O–H groups in total. The minimum atomic E-state index is -0.801. The van der Waals surface area contributed by atoms with Crippen molar-refractivity contribution in [3.63, 3.8) is 0 Å². The molecule has 1 aromatic rings. The number of aliphatic hydroxyl groups is 1. The summed E-state index contributed by atoms with van der Waals surface area (Å²) in [6, 6.07) is 4.06. The van der Waals surface area contributed by atoms with Gasteiger partial charge in [0.15, 0.2) is 0 Å². The first-order valence-electron chi connectivity index (χ1n) is 8.22. The number of nitrogens with one attached hydrogen (secondary N) is 1. The number of hydrogen-bond donors (Lipinski definition) is 2. The fourth-order valence-corrected chi connectivity index (χ4v) is 2.82. The van der Waals surface area contributed by atoms with Gasteiger partial charge in [-0.05, 0) is 38.8 Å². The number of rotatable bonds is 4. The summed E-state index contributed by atoms with van der Waals surface area (Å²) >= 11 is 1.40. The van der Waals surface area contributed by atoms with E-state index < -0.39 is 17.8 Å². The Labute approximate surface area is 152 Å². The van der Waals surface area contributed by atoms with E-state index in [1.54, 1.807) is 20.8 Å². The molecule has 0 saturated carbocycles. The van der Waals surface area contributed by atoms with Crippen LogP contribution in [0.4, 0.5) is 4.79 Å². The highest BCUT2D eigenvalue weighted by molar-refractivity contribution is 7.09. The van der Waals surface area contributed by atoms with Gasteiger partial charge in [-0.3, -0.25) is 4.98 Å². The molecule has 7 heteroatoms. The van der Waals surface area contributed by atoms with Crippen LogP contribution in [0.3, 0.4) is 0 Å². The van der Waals surface area contributed by atoms with Crippen molar-refractivity contribution in [2.75, 3.05) is 6.54 Å². The second kappa shape index (κ2) is 7.93. The Balaban J connectivity index is 0.000000306. The van der Waals surface area contributed by atoms with E-state index in [-0.39, 0.29) is 6.54 Å². The van der Waals surface area contributed by atoms with E-state index in [1.165, 1.54) is 22.6 Å². The number of hydrogen-bond acceptors (Lipinski definition) is 6. The summed E-state index contributed by atoms with van der Waals surface area (Å²) in [6.07, 6.45) is 0.488. The van der Waals surface area contributed by atoms with Gasteiger partial charge < -0.3 is 15.2 Å². The van der Waals surface area contributed by atoms with E-state index >= 15 is 0 Å². The molecule has 1 aliphatic heterocycles. The van der Waals surface area contributed by atoms with Crippen LogP contribution in [-0.4, -0.2) is 33.3 Å². The average molecular weight is 363 g/mol. The summed E-state index contributed by atoms with van der Waals surface area (Å²) in [5, 5.41) is 15.0. The predicted octanol–water partition coefficient (Wildman–Crippen LogP) is 3.89. The second-order valence-corrected chi connectivity index (χ2v) is 7.98. The normalized spacial score (nSPS) is 12.9. The molecule has 0 aromatic carbocycles. The van der Waals surface area contributed by atoms with Gasteiger partial charge in [-0.1, -0.05) is 13.8 Å². The summed E-state index contributed by atoms with van der Waals surface area (Å²) in [6.45, 7) is 9.56. The first kappa shape index (κ1) is 19.3. The van der Waals surface area contributed by atoms with Crippen molar-refractivity contribution >= 4 is 17.4 Å². The fraction of sp³-hybridized carbons (Fsp3) is 0.500. The van der Waals surface area contributed by atoms with Crippen molar-refractivity contribution in [3.8, 4) is 11.3 Å². The number of nitrogens with zero attached hydrogens (tertiary/aromatic N) is 2. The van der Waals surface area contributed by atoms with Crippen molar-refractivity contribution in [1.82, 2.24) is 15.3 Å². The maximum absolute atomic E-state index is 11.4. The Morgan fingerprint density at radius 1 is 1.40 bits per heavy atom. The summed E-state index contributed by atoms with van der Waals surface area (Å²) in [5.41, 5.74) is 2.91. The van der Waals surface area contributed by atoms with Crippen molar-refractivity contribution in [2.45, 2.75) is 52.2 Å². The zero-order valence-corrected chi connectivity index (χ0v) is 16.1. The molecule has 0 fully saturated rings. The van der Waals surface area contributed by atoms with Crippen molar-refractivity contribution in [2.24, 2.45) is 0 Å². The maximum Gasteiger partial charge on any atom is 0.407 e. The minimum absolute atomic E-state index is 0.0972. The van der Waals surface area contributed by atoms with E-state index in [2.05, 4.69) is 21.4 Å². The van der Waals surface area contributed by atoms with E-state index in [9.17, 15) is 9.90 Å². The lowest BCUT2D eigenvalue weighted by molar-refractivity contribution is 0.0491. The molecule has 25 heavy (non-hydrogen) atoms. The van der Waals surface area contributed by atoms with Gasteiger partial charge in [-0.15, -0.1) is 11.3 Å². The molecule has 0 bridgehead atoms. The average Bonchev–Trinajstić information content (AvgIpc) is 2.92. The van der Waals surface area contributed by atoms with Crippen LogP contribution in [0.1, 0.15) is 57.3 Å². The molecule has 2 aliphatic rings. The van der Waals surface area contributed by atoms with E-state index in [4.69, 9.17) is 4.74 Å². The summed E-state index contributed by atoms with van der Waals surface area (Å²) in [4.78, 5) is 19.7. The molecule has 0 radical (unpaired) electrons. The molecule has 0 saturated heterocycles. The predicted molar refractivity (Wildman–Crippen MR) is 98.6 cm³/mol. The molecule has 1 aliphatic carbocycles. The number of fused-ring (bicyclic) bond motifs is 1. The topological polar surface area (TPSA) is 84.3 Å². The van der Waals surface area contributed by atoms with Crippen LogP contribution in [-0.2, 0) is 4.74 Å². The van der Waals surface area contributed by atoms with Crippen LogP contribution < -0.4 is 5.32 Å². The van der Waals surface area contributed by atoms with Gasteiger partial charge in [-0.25, -0.2) is 9.78 Å². The number of carbonyl (C=O) groups is 1. The van der Waals surface area contributed by atoms with Gasteiger partial charge in [0.1, 0.15) is 16.7 Å². The van der Waals surface area contributed by atoms with E-state index in [0.29, 0.717) is 10.9 Å². The lowest BCUT2D eigenvalue weighted by atomic mass is 10.2. The molecule has 1 unspecified atom stereocenters. The number of aliphatic hydroxyl groups excluding tert-OH is 1. The Hall–Kier alpha value is -1.99. The summed E-state index contributed by atoms with van der Waals surface area (Å²) in [7, 11) is 0. The Bertz CT molecular complexity index is 705. The molecule has 1 amide bonds. The Morgan fingerprint density at radius 3 is 2.52 bits per heavy atom. The smallest absolute Gasteiger partial charge is 0.407 e. The second-order valence-electron chi connectivity index (χ2n) is 7.09. The minimum Gasteiger partial charge on any atom is -0.444 e. The molecule has 6 nitrogen and oxygen atoms in total. The SMILES string of the molecule is CC(C)c1csc(C(O)CNC(=O)OC(C)(C)C)n1.c1cc2cc-2n1. The standard InChI is InChI=1S/C13H22N2O3S.C5H3N/c1-8(2)9-7-19-11(15-9)10(16)6-14-12(17)18-13(3,4)5;1-2-6-5-3-4(1)5/h7-8,10,16H,6H2,1-5H3,(H,14,17);1-3H. The fourth-order valence-electron chi connectivity index (χ4n) is 1.85. The molecular weight excluding hydrogens is 338 g/mol. The van der Waals surface area contributed by atoms with Crippen LogP contribution in [0.15, 0.2) is 23.7 Å². The van der Waals surface area contributed by atoms with Crippen LogP contribution in [0.2, 0.25) is 0 Å². The monoisotopic (exact) mass is 363 g/mol. The number of alkyl carbamates (subject to hydrolysis) is 1. The summed E-state index contributed by atoms with van der Waals surface area (Å²) in [5.74, 6) is 0.330. The zero-order chi connectivity index (χ0) is 18.6. The third-order valence-electron chi connectivity index (χ3n) is 3.23. The number of ether oxygens (including phenoxy) is 1. The highest BCUT2D eigenvalue weighted by atomic mass is 32.1. The number of carbonyl (C=O) groups excluding carboxylic acids is 1. The van der Waals surface area contributed by atoms with Crippen LogP contribution in [0, 0.1) is 0 Å². The third-order valence-corrected chi connectivity index (χ3v) is 4.19. The highest BCUT2D eigenvalue weighted by Gasteiger charge is 2.19. The van der Waals surface area contributed by atoms with Gasteiger partial charge in [0.05, 0.1) is 17.9 Å². The number of amides is 1. The van der Waals surface area contributed by atoms with Crippen LogP contribution in [0.5, 0.6) is 0 Å². The number of aromatic nitrogens is 2. The number of pyridine rings is 1. The van der Waals surface area contributed by atoms with Gasteiger partial charge in [0, 0.05) is 17.1 Å². The van der Waals surface area contributed by atoms with Crippen LogP contribution in [0.25, 0.3) is 11.3 Å². The van der Waals surface area contributed by atoms with Crippen molar-refractivity contribution < 1.29 is 14.6 Å².